The molecule has 0 unspecified atom stereocenters. The number of ether oxygens (including phenoxy) is 4. The number of β-amino-alcohol motifs (C(OH)–C–C–N with tert-alkyl or cyclic N) is 1. The maximum absolute atomic E-state index is 14.0. The molecule has 4 heterocycles. The third-order valence-corrected chi connectivity index (χ3v) is 15.2. The first-order valence-electron chi connectivity index (χ1n) is 26.3. The van der Waals surface area contributed by atoms with Crippen molar-refractivity contribution in [1.82, 2.24) is 40.7 Å². The van der Waals surface area contributed by atoms with E-state index >= 15 is 0 Å². The minimum Gasteiger partial charge on any atom is -0.496 e. The van der Waals surface area contributed by atoms with Crippen molar-refractivity contribution in [2.45, 2.75) is 123 Å². The Kier molecular flexibility index (Phi) is 18.6. The molecule has 2 aromatic heterocycles. The molecule has 1 saturated heterocycles. The number of rotatable bonds is 24. The van der Waals surface area contributed by atoms with E-state index in [-0.39, 0.29) is 82.5 Å². The van der Waals surface area contributed by atoms with Crippen molar-refractivity contribution in [2.24, 2.45) is 5.41 Å². The minimum absolute atomic E-state index is 0.0141. The van der Waals surface area contributed by atoms with Crippen LogP contribution in [0.4, 0.5) is 0 Å². The number of carbonyl (C=O) groups excluding carboxylic acids is 5. The topological polar surface area (TPSA) is 225 Å². The van der Waals surface area contributed by atoms with Crippen molar-refractivity contribution >= 4 is 40.9 Å². The predicted octanol–water partition coefficient (Wildman–Crippen LogP) is 6.17. The number of likely N-dealkylation sites (tertiary alicyclic amines) is 1. The molecule has 3 aromatic carbocycles. The Hall–Kier alpha value is -6.67. The van der Waals surface area contributed by atoms with Gasteiger partial charge in [-0.2, -0.15) is 0 Å². The summed E-state index contributed by atoms with van der Waals surface area (Å²) in [6.45, 7) is 11.9. The number of amides is 5. The number of nitrogens with zero attached hydrogens (tertiary/aromatic N) is 4. The van der Waals surface area contributed by atoms with Crippen LogP contribution in [0, 0.1) is 19.3 Å². The van der Waals surface area contributed by atoms with E-state index in [1.807, 2.05) is 64.4 Å². The lowest BCUT2D eigenvalue weighted by molar-refractivity contribution is -0.144. The van der Waals surface area contributed by atoms with Crippen LogP contribution in [0.3, 0.4) is 0 Å². The second-order valence-corrected chi connectivity index (χ2v) is 21.7. The first-order valence-corrected chi connectivity index (χ1v) is 27.2. The average molecular weight is 1060 g/mol. The summed E-state index contributed by atoms with van der Waals surface area (Å²) < 4.78 is 25.2. The maximum Gasteiger partial charge on any atom is 0.252 e. The molecule has 76 heavy (non-hydrogen) atoms. The number of hydrogen-bond donors (Lipinski definition) is 5. The summed E-state index contributed by atoms with van der Waals surface area (Å²) >= 11 is 1.57. The number of hydrogen-bond acceptors (Lipinski definition) is 13. The van der Waals surface area contributed by atoms with Gasteiger partial charge in [-0.3, -0.25) is 24.0 Å². The van der Waals surface area contributed by atoms with Gasteiger partial charge in [0.1, 0.15) is 29.4 Å². The fraction of sp³-hybridized carbons (Fsp3) is 0.491. The van der Waals surface area contributed by atoms with Crippen molar-refractivity contribution in [3.05, 3.63) is 106 Å². The number of aliphatic hydroxyl groups is 1. The first-order chi connectivity index (χ1) is 36.6. The molecule has 18 nitrogen and oxygen atoms in total. The summed E-state index contributed by atoms with van der Waals surface area (Å²) in [5, 5.41) is 22.5. The number of thiazole rings is 1. The number of carbonyl (C=O) groups is 5. The molecule has 0 spiro atoms. The number of nitrogens with one attached hydrogen (secondary N) is 4. The van der Waals surface area contributed by atoms with Crippen LogP contribution in [0.2, 0.25) is 0 Å². The van der Waals surface area contributed by atoms with Gasteiger partial charge in [-0.1, -0.05) is 57.2 Å². The Bertz CT molecular complexity index is 2840. The molecule has 1 aliphatic carbocycles. The lowest BCUT2D eigenvalue weighted by Gasteiger charge is -2.35. The molecule has 8 rings (SSSR count). The zero-order valence-corrected chi connectivity index (χ0v) is 45.3. The van der Waals surface area contributed by atoms with Crippen LogP contribution in [0.25, 0.3) is 21.7 Å². The molecule has 5 amide bonds. The van der Waals surface area contributed by atoms with Gasteiger partial charge in [-0.25, -0.2) is 9.97 Å². The minimum atomic E-state index is -0.957. The molecule has 0 radical (unpaired) electrons. The molecular weight excluding hydrogens is 989 g/mol. The summed E-state index contributed by atoms with van der Waals surface area (Å²) in [6, 6.07) is 15.8. The third kappa shape index (κ3) is 14.0. The number of aliphatic hydroxyl groups excluding tert-OH is 1. The summed E-state index contributed by atoms with van der Waals surface area (Å²) in [5.74, 6) is 0.600. The van der Waals surface area contributed by atoms with E-state index in [1.54, 1.807) is 30.6 Å². The van der Waals surface area contributed by atoms with Crippen LogP contribution >= 0.6 is 11.3 Å². The van der Waals surface area contributed by atoms with Gasteiger partial charge in [0.05, 0.1) is 74.1 Å². The van der Waals surface area contributed by atoms with Crippen molar-refractivity contribution < 1.29 is 48.0 Å². The van der Waals surface area contributed by atoms with Gasteiger partial charge in [-0.15, -0.1) is 11.3 Å². The molecule has 2 aliphatic heterocycles. The largest absolute Gasteiger partial charge is 0.496 e. The Morgan fingerprint density at radius 3 is 2.33 bits per heavy atom. The van der Waals surface area contributed by atoms with Crippen LogP contribution < -0.4 is 30.7 Å². The van der Waals surface area contributed by atoms with Crippen LogP contribution in [-0.2, 0) is 54.6 Å². The molecule has 5 N–H and O–H groups in total. The highest BCUT2D eigenvalue weighted by Gasteiger charge is 2.44. The molecule has 0 saturated carbocycles. The van der Waals surface area contributed by atoms with Gasteiger partial charge < -0.3 is 54.8 Å². The molecule has 5 aromatic rings. The molecule has 3 aliphatic rings. The van der Waals surface area contributed by atoms with Gasteiger partial charge in [0.2, 0.25) is 23.6 Å². The molecule has 4 atom stereocenters. The lowest BCUT2D eigenvalue weighted by atomic mass is 9.85. The standard InChI is InChI=1S/C57H72N8O10S/c1-35-47(72-6)28-41(54(69)62-44-17-16-38-14-15-40(27-43(38)44)45-33-64-21-7-9-49(64)61-45)29-48(35)75-22-8-20-58-50(67)18-23-73-25-26-74-24-19-51(68)63-53(57(3,4)5)56(71)65-32-42(66)30-46(65)55(70)59-31-37-10-12-39(13-11-37)52-36(2)60-34-76-52/h10-15,27-29,33-34,42,44,46,53,66H,7-9,16-26,30-32H2,1-6H3,(H,58,67)(H,59,70)(H,62,69)(H,63,68)/t42-,44-,46+,53-/m1/s1. The molecule has 19 heteroatoms. The number of fused-ring (bicyclic) bond motifs is 2. The summed E-state index contributed by atoms with van der Waals surface area (Å²) in [6.07, 6.45) is 5.82. The number of benzene rings is 3. The number of methoxy groups -OCH3 is 1. The smallest absolute Gasteiger partial charge is 0.252 e. The highest BCUT2D eigenvalue weighted by atomic mass is 32.1. The van der Waals surface area contributed by atoms with E-state index in [9.17, 15) is 29.1 Å². The van der Waals surface area contributed by atoms with E-state index in [0.29, 0.717) is 36.6 Å². The first kappa shape index (κ1) is 55.6. The SMILES string of the molecule is COc1cc(C(=O)N[C@@H]2CCc3ccc(-c4cn5c(n4)CCC5)cc32)cc(OCCCNC(=O)CCOCCOCCC(=O)N[C@H](C(=O)N2C[C@H](O)C[C@H]2C(=O)NCc2ccc(-c3scnc3C)cc2)C(C)(C)C)c1C. The fourth-order valence-electron chi connectivity index (χ4n) is 9.94. The van der Waals surface area contributed by atoms with Gasteiger partial charge in [0.15, 0.2) is 0 Å². The summed E-state index contributed by atoms with van der Waals surface area (Å²) in [5.41, 5.74) is 9.57. The van der Waals surface area contributed by atoms with Crippen molar-refractivity contribution in [3.63, 3.8) is 0 Å². The number of aryl methyl sites for hydroxylation is 4. The van der Waals surface area contributed by atoms with Crippen molar-refractivity contribution in [1.29, 1.82) is 0 Å². The molecule has 1 fully saturated rings. The van der Waals surface area contributed by atoms with Crippen molar-refractivity contribution in [3.8, 4) is 33.2 Å². The fourth-order valence-corrected chi connectivity index (χ4v) is 10.7. The molecular formula is C57H72N8O10S. The zero-order chi connectivity index (χ0) is 53.9. The van der Waals surface area contributed by atoms with Crippen LogP contribution in [0.1, 0.15) is 109 Å². The Morgan fingerprint density at radius 2 is 1.62 bits per heavy atom. The highest BCUT2D eigenvalue weighted by Crippen LogP contribution is 2.36. The van der Waals surface area contributed by atoms with E-state index in [1.165, 1.54) is 10.5 Å². The summed E-state index contributed by atoms with van der Waals surface area (Å²) in [4.78, 5) is 78.4. The quantitative estimate of drug-likeness (QED) is 0.0438. The highest BCUT2D eigenvalue weighted by molar-refractivity contribution is 7.13. The Morgan fingerprint density at radius 1 is 0.882 bits per heavy atom. The second-order valence-electron chi connectivity index (χ2n) is 20.8. The van der Waals surface area contributed by atoms with Gasteiger partial charge >= 0.3 is 0 Å². The average Bonchev–Trinajstić information content (AvgIpc) is 4.26. The number of imidazole rings is 1. The maximum atomic E-state index is 14.0. The van der Waals surface area contributed by atoms with Gasteiger partial charge in [0, 0.05) is 74.7 Å². The summed E-state index contributed by atoms with van der Waals surface area (Å²) in [7, 11) is 1.56. The van der Waals surface area contributed by atoms with E-state index in [2.05, 4.69) is 55.2 Å². The third-order valence-electron chi connectivity index (χ3n) is 14.2. The monoisotopic (exact) mass is 1060 g/mol. The Labute approximate surface area is 448 Å². The zero-order valence-electron chi connectivity index (χ0n) is 44.5. The second kappa shape index (κ2) is 25.4. The van der Waals surface area contributed by atoms with Crippen LogP contribution in [0.15, 0.2) is 66.3 Å². The van der Waals surface area contributed by atoms with Gasteiger partial charge in [-0.05, 0) is 85.4 Å². The molecule has 406 valence electrons. The number of aromatic nitrogens is 3. The normalized spacial score (nSPS) is 17.2. The van der Waals surface area contributed by atoms with Crippen LogP contribution in [0.5, 0.6) is 11.5 Å². The van der Waals surface area contributed by atoms with E-state index in [0.717, 1.165) is 82.1 Å². The van der Waals surface area contributed by atoms with Gasteiger partial charge in [0.25, 0.3) is 5.91 Å². The molecule has 0 bridgehead atoms. The van der Waals surface area contributed by atoms with E-state index in [4.69, 9.17) is 23.9 Å². The lowest BCUT2D eigenvalue weighted by Crippen LogP contribution is -2.57. The Balaban J connectivity index is 0.693. The van der Waals surface area contributed by atoms with Crippen molar-refractivity contribution in [2.75, 3.05) is 53.2 Å². The van der Waals surface area contributed by atoms with Crippen LogP contribution in [-0.4, -0.2) is 125 Å². The van der Waals surface area contributed by atoms with E-state index < -0.39 is 35.4 Å². The predicted molar refractivity (Wildman–Crippen MR) is 288 cm³/mol.